The van der Waals surface area contributed by atoms with E-state index in [2.05, 4.69) is 35.5 Å². The highest BCUT2D eigenvalue weighted by Crippen LogP contribution is 2.06. The van der Waals surface area contributed by atoms with Gasteiger partial charge in [0.1, 0.15) is 5.82 Å². The molecule has 0 saturated heterocycles. The molecule has 0 radical (unpaired) electrons. The number of hydrogen-bond donors (Lipinski definition) is 0. The third kappa shape index (κ3) is 3.65. The van der Waals surface area contributed by atoms with Gasteiger partial charge in [-0.3, -0.25) is 4.68 Å². The third-order valence-electron chi connectivity index (χ3n) is 2.60. The molecule has 1 heterocycles. The van der Waals surface area contributed by atoms with E-state index in [4.69, 9.17) is 0 Å². The molecule has 0 aliphatic heterocycles. The van der Waals surface area contributed by atoms with E-state index in [1.807, 2.05) is 0 Å². The van der Waals surface area contributed by atoms with E-state index in [9.17, 15) is 0 Å². The lowest BCUT2D eigenvalue weighted by atomic mass is 10.2. The van der Waals surface area contributed by atoms with Crippen molar-refractivity contribution in [2.24, 2.45) is 0 Å². The summed E-state index contributed by atoms with van der Waals surface area (Å²) in [5.41, 5.74) is 0. The van der Waals surface area contributed by atoms with Gasteiger partial charge in [0.15, 0.2) is 5.82 Å². The van der Waals surface area contributed by atoms with Crippen molar-refractivity contribution in [2.45, 2.75) is 65.8 Å². The van der Waals surface area contributed by atoms with E-state index in [0.29, 0.717) is 0 Å². The number of nitrogens with zero attached hydrogens (tertiary/aromatic N) is 3. The van der Waals surface area contributed by atoms with Gasteiger partial charge in [0.2, 0.25) is 0 Å². The van der Waals surface area contributed by atoms with E-state index in [1.54, 1.807) is 0 Å². The Morgan fingerprint density at radius 2 is 1.67 bits per heavy atom. The normalized spacial score (nSPS) is 10.9. The summed E-state index contributed by atoms with van der Waals surface area (Å²) in [5.74, 6) is 2.20. The fourth-order valence-electron chi connectivity index (χ4n) is 1.64. The van der Waals surface area contributed by atoms with Gasteiger partial charge in [-0.05, 0) is 19.8 Å². The second kappa shape index (κ2) is 6.59. The molecule has 0 aromatic carbocycles. The molecule has 0 saturated carbocycles. The number of rotatable bonds is 7. The van der Waals surface area contributed by atoms with E-state index >= 15 is 0 Å². The van der Waals surface area contributed by atoms with Gasteiger partial charge < -0.3 is 0 Å². The summed E-state index contributed by atoms with van der Waals surface area (Å²) in [6.45, 7) is 7.49. The minimum Gasteiger partial charge on any atom is -0.250 e. The molecule has 1 rings (SSSR count). The van der Waals surface area contributed by atoms with Crippen LogP contribution in [-0.4, -0.2) is 14.8 Å². The SMILES string of the molecule is CCCCc1nc(CCCC)n(CC)n1. The van der Waals surface area contributed by atoms with Crippen LogP contribution in [0, 0.1) is 0 Å². The molecule has 0 spiro atoms. The summed E-state index contributed by atoms with van der Waals surface area (Å²) >= 11 is 0. The monoisotopic (exact) mass is 209 g/mol. The molecule has 0 atom stereocenters. The molecule has 1 aromatic heterocycles. The molecule has 3 heteroatoms. The second-order valence-electron chi connectivity index (χ2n) is 3.97. The first-order chi connectivity index (χ1) is 7.31. The molecule has 0 aliphatic rings. The van der Waals surface area contributed by atoms with Gasteiger partial charge in [-0.25, -0.2) is 4.98 Å². The van der Waals surface area contributed by atoms with Crippen molar-refractivity contribution in [2.75, 3.05) is 0 Å². The second-order valence-corrected chi connectivity index (χ2v) is 3.97. The topological polar surface area (TPSA) is 30.7 Å². The lowest BCUT2D eigenvalue weighted by Gasteiger charge is -2.00. The van der Waals surface area contributed by atoms with E-state index in [0.717, 1.165) is 25.2 Å². The van der Waals surface area contributed by atoms with Crippen LogP contribution in [0.3, 0.4) is 0 Å². The molecule has 86 valence electrons. The molecule has 0 fully saturated rings. The van der Waals surface area contributed by atoms with Crippen LogP contribution in [0.1, 0.15) is 58.1 Å². The Bertz CT molecular complexity index is 278. The Morgan fingerprint density at radius 3 is 2.27 bits per heavy atom. The number of unbranched alkanes of at least 4 members (excludes halogenated alkanes) is 2. The van der Waals surface area contributed by atoms with Crippen LogP contribution in [-0.2, 0) is 19.4 Å². The molecule has 1 aromatic rings. The maximum Gasteiger partial charge on any atom is 0.150 e. The summed E-state index contributed by atoms with van der Waals surface area (Å²) in [6.07, 6.45) is 6.95. The van der Waals surface area contributed by atoms with E-state index in [-0.39, 0.29) is 0 Å². The standard InChI is InChI=1S/C12H23N3/c1-4-7-9-11-13-12(10-8-5-2)15(6-3)14-11/h4-10H2,1-3H3. The first-order valence-corrected chi connectivity index (χ1v) is 6.24. The zero-order valence-electron chi connectivity index (χ0n) is 10.3. The summed E-state index contributed by atoms with van der Waals surface area (Å²) in [6, 6.07) is 0. The van der Waals surface area contributed by atoms with Gasteiger partial charge in [0.05, 0.1) is 0 Å². The van der Waals surface area contributed by atoms with Crippen LogP contribution in [0.5, 0.6) is 0 Å². The average Bonchev–Trinajstić information content (AvgIpc) is 2.66. The van der Waals surface area contributed by atoms with E-state index in [1.165, 1.54) is 31.5 Å². The molecule has 0 amide bonds. The number of aryl methyl sites for hydroxylation is 3. The summed E-state index contributed by atoms with van der Waals surface area (Å²) in [4.78, 5) is 4.61. The quantitative estimate of drug-likeness (QED) is 0.691. The average molecular weight is 209 g/mol. The van der Waals surface area contributed by atoms with Gasteiger partial charge in [-0.2, -0.15) is 5.10 Å². The predicted molar refractivity (Wildman–Crippen MR) is 62.9 cm³/mol. The minimum absolute atomic E-state index is 0.943. The van der Waals surface area contributed by atoms with Crippen molar-refractivity contribution in [3.8, 4) is 0 Å². The van der Waals surface area contributed by atoms with Gasteiger partial charge in [-0.1, -0.05) is 26.7 Å². The molecular formula is C12H23N3. The van der Waals surface area contributed by atoms with Crippen molar-refractivity contribution in [1.29, 1.82) is 0 Å². The van der Waals surface area contributed by atoms with Crippen LogP contribution < -0.4 is 0 Å². The Hall–Kier alpha value is -0.860. The zero-order valence-corrected chi connectivity index (χ0v) is 10.3. The predicted octanol–water partition coefficient (Wildman–Crippen LogP) is 2.98. The fourth-order valence-corrected chi connectivity index (χ4v) is 1.64. The van der Waals surface area contributed by atoms with Crippen LogP contribution in [0.15, 0.2) is 0 Å². The van der Waals surface area contributed by atoms with Crippen LogP contribution >= 0.6 is 0 Å². The van der Waals surface area contributed by atoms with Gasteiger partial charge in [-0.15, -0.1) is 0 Å². The van der Waals surface area contributed by atoms with Crippen molar-refractivity contribution in [1.82, 2.24) is 14.8 Å². The summed E-state index contributed by atoms with van der Waals surface area (Å²) in [7, 11) is 0. The lowest BCUT2D eigenvalue weighted by Crippen LogP contribution is -2.03. The van der Waals surface area contributed by atoms with Gasteiger partial charge >= 0.3 is 0 Å². The van der Waals surface area contributed by atoms with Crippen molar-refractivity contribution < 1.29 is 0 Å². The fraction of sp³-hybridized carbons (Fsp3) is 0.833. The minimum atomic E-state index is 0.943. The maximum absolute atomic E-state index is 4.61. The third-order valence-corrected chi connectivity index (χ3v) is 2.60. The van der Waals surface area contributed by atoms with Crippen LogP contribution in [0.25, 0.3) is 0 Å². The molecule has 0 aliphatic carbocycles. The van der Waals surface area contributed by atoms with Crippen LogP contribution in [0.4, 0.5) is 0 Å². The Balaban J connectivity index is 2.62. The zero-order chi connectivity index (χ0) is 11.1. The smallest absolute Gasteiger partial charge is 0.150 e. The molecule has 0 N–H and O–H groups in total. The van der Waals surface area contributed by atoms with Gasteiger partial charge in [0.25, 0.3) is 0 Å². The first kappa shape index (κ1) is 12.2. The first-order valence-electron chi connectivity index (χ1n) is 6.24. The Morgan fingerprint density at radius 1 is 1.00 bits per heavy atom. The molecule has 15 heavy (non-hydrogen) atoms. The molecule has 0 unspecified atom stereocenters. The van der Waals surface area contributed by atoms with Crippen LogP contribution in [0.2, 0.25) is 0 Å². The highest BCUT2D eigenvalue weighted by Gasteiger charge is 2.07. The van der Waals surface area contributed by atoms with Crippen molar-refractivity contribution in [3.63, 3.8) is 0 Å². The van der Waals surface area contributed by atoms with Crippen molar-refractivity contribution in [3.05, 3.63) is 11.6 Å². The number of hydrogen-bond acceptors (Lipinski definition) is 2. The van der Waals surface area contributed by atoms with Crippen molar-refractivity contribution >= 4 is 0 Å². The highest BCUT2D eigenvalue weighted by molar-refractivity contribution is 4.93. The van der Waals surface area contributed by atoms with Gasteiger partial charge in [0, 0.05) is 19.4 Å². The molecular weight excluding hydrogens is 186 g/mol. The number of aromatic nitrogens is 3. The Kier molecular flexibility index (Phi) is 5.37. The highest BCUT2D eigenvalue weighted by atomic mass is 15.3. The summed E-state index contributed by atoms with van der Waals surface area (Å²) < 4.78 is 2.06. The molecule has 3 nitrogen and oxygen atoms in total. The largest absolute Gasteiger partial charge is 0.250 e. The maximum atomic E-state index is 4.61. The lowest BCUT2D eigenvalue weighted by molar-refractivity contribution is 0.594. The molecule has 0 bridgehead atoms. The summed E-state index contributed by atoms with van der Waals surface area (Å²) in [5, 5.41) is 4.52. The van der Waals surface area contributed by atoms with E-state index < -0.39 is 0 Å². The Labute approximate surface area is 92.9 Å².